The maximum atomic E-state index is 12.5. The van der Waals surface area contributed by atoms with E-state index in [4.69, 9.17) is 14.2 Å². The number of H-pyrrole nitrogens is 1. The van der Waals surface area contributed by atoms with Crippen molar-refractivity contribution in [2.75, 3.05) is 20.8 Å². The first-order valence-corrected chi connectivity index (χ1v) is 9.00. The van der Waals surface area contributed by atoms with Crippen molar-refractivity contribution in [3.8, 4) is 28.5 Å². The second-order valence-corrected chi connectivity index (χ2v) is 6.33. The predicted octanol–water partition coefficient (Wildman–Crippen LogP) is 3.33. The zero-order chi connectivity index (χ0) is 19.7. The van der Waals surface area contributed by atoms with E-state index in [1.807, 2.05) is 49.4 Å². The Morgan fingerprint density at radius 1 is 1.04 bits per heavy atom. The van der Waals surface area contributed by atoms with Gasteiger partial charge in [-0.25, -0.2) is 0 Å². The minimum Gasteiger partial charge on any atom is -0.497 e. The summed E-state index contributed by atoms with van der Waals surface area (Å²) in [6, 6.07) is 12.8. The molecule has 28 heavy (non-hydrogen) atoms. The fourth-order valence-electron chi connectivity index (χ4n) is 3.47. The van der Waals surface area contributed by atoms with Crippen LogP contribution in [0, 0.1) is 0 Å². The SMILES string of the molecule is CCOc1ccc(-c2n[nH]c3c2[C@@H](c2cc(OC)ccc2OC)NC3=O)cc1. The molecule has 1 atom stereocenters. The van der Waals surface area contributed by atoms with Crippen LogP contribution in [-0.4, -0.2) is 36.9 Å². The molecule has 0 saturated heterocycles. The maximum absolute atomic E-state index is 12.5. The molecule has 0 fully saturated rings. The monoisotopic (exact) mass is 379 g/mol. The smallest absolute Gasteiger partial charge is 0.270 e. The fourth-order valence-corrected chi connectivity index (χ4v) is 3.47. The van der Waals surface area contributed by atoms with Crippen molar-refractivity contribution in [1.29, 1.82) is 0 Å². The van der Waals surface area contributed by atoms with Gasteiger partial charge in [0.1, 0.15) is 22.9 Å². The minimum absolute atomic E-state index is 0.199. The number of fused-ring (bicyclic) bond motifs is 1. The van der Waals surface area contributed by atoms with Crippen molar-refractivity contribution in [1.82, 2.24) is 15.5 Å². The van der Waals surface area contributed by atoms with E-state index < -0.39 is 6.04 Å². The molecule has 0 saturated carbocycles. The highest BCUT2D eigenvalue weighted by Gasteiger charge is 2.37. The predicted molar refractivity (Wildman–Crippen MR) is 104 cm³/mol. The third kappa shape index (κ3) is 2.94. The van der Waals surface area contributed by atoms with Gasteiger partial charge < -0.3 is 19.5 Å². The summed E-state index contributed by atoms with van der Waals surface area (Å²) < 4.78 is 16.4. The fraction of sp³-hybridized carbons (Fsp3) is 0.238. The van der Waals surface area contributed by atoms with Crippen LogP contribution in [0.5, 0.6) is 17.2 Å². The van der Waals surface area contributed by atoms with Gasteiger partial charge in [0.05, 0.1) is 32.6 Å². The van der Waals surface area contributed by atoms with Gasteiger partial charge in [-0.3, -0.25) is 9.89 Å². The number of benzene rings is 2. The van der Waals surface area contributed by atoms with Crippen LogP contribution in [0.15, 0.2) is 42.5 Å². The Kier molecular flexibility index (Phi) is 4.65. The Bertz CT molecular complexity index is 1010. The van der Waals surface area contributed by atoms with Crippen LogP contribution < -0.4 is 19.5 Å². The highest BCUT2D eigenvalue weighted by Crippen LogP contribution is 2.41. The van der Waals surface area contributed by atoms with Gasteiger partial charge in [-0.1, -0.05) is 0 Å². The number of aromatic nitrogens is 2. The molecule has 144 valence electrons. The lowest BCUT2D eigenvalue weighted by molar-refractivity contribution is 0.0955. The summed E-state index contributed by atoms with van der Waals surface area (Å²) in [4.78, 5) is 12.5. The average molecular weight is 379 g/mol. The summed E-state index contributed by atoms with van der Waals surface area (Å²) in [5, 5.41) is 10.3. The molecule has 4 rings (SSSR count). The molecule has 0 spiro atoms. The van der Waals surface area contributed by atoms with Gasteiger partial charge in [0.2, 0.25) is 0 Å². The Morgan fingerprint density at radius 3 is 2.46 bits per heavy atom. The van der Waals surface area contributed by atoms with Gasteiger partial charge >= 0.3 is 0 Å². The number of nitrogens with zero attached hydrogens (tertiary/aromatic N) is 1. The minimum atomic E-state index is -0.395. The second kappa shape index (κ2) is 7.26. The number of hydrogen-bond acceptors (Lipinski definition) is 5. The van der Waals surface area contributed by atoms with Crippen LogP contribution >= 0.6 is 0 Å². The topological polar surface area (TPSA) is 85.5 Å². The molecule has 2 heterocycles. The lowest BCUT2D eigenvalue weighted by Crippen LogP contribution is -2.21. The average Bonchev–Trinajstić information content (AvgIpc) is 3.30. The van der Waals surface area contributed by atoms with Gasteiger partial charge in [-0.2, -0.15) is 5.10 Å². The molecule has 0 aliphatic carbocycles. The normalized spacial score (nSPS) is 15.1. The second-order valence-electron chi connectivity index (χ2n) is 6.33. The molecule has 1 amide bonds. The molecule has 0 unspecified atom stereocenters. The number of ether oxygens (including phenoxy) is 3. The largest absolute Gasteiger partial charge is 0.497 e. The molecule has 0 bridgehead atoms. The first-order valence-electron chi connectivity index (χ1n) is 9.00. The van der Waals surface area contributed by atoms with E-state index in [9.17, 15) is 4.79 Å². The summed E-state index contributed by atoms with van der Waals surface area (Å²) >= 11 is 0. The molecule has 0 radical (unpaired) electrons. The van der Waals surface area contributed by atoms with E-state index in [-0.39, 0.29) is 5.91 Å². The summed E-state index contributed by atoms with van der Waals surface area (Å²) in [5.41, 5.74) is 3.66. The number of rotatable bonds is 6. The summed E-state index contributed by atoms with van der Waals surface area (Å²) in [6.07, 6.45) is 0. The molecule has 7 nitrogen and oxygen atoms in total. The van der Waals surface area contributed by atoms with E-state index in [0.29, 0.717) is 29.5 Å². The van der Waals surface area contributed by atoms with Crippen molar-refractivity contribution in [2.24, 2.45) is 0 Å². The van der Waals surface area contributed by atoms with Crippen LogP contribution in [0.25, 0.3) is 11.3 Å². The number of hydrogen-bond donors (Lipinski definition) is 2. The number of nitrogens with one attached hydrogen (secondary N) is 2. The Labute approximate surface area is 162 Å². The number of carbonyl (C=O) groups excluding carboxylic acids is 1. The molecule has 2 aromatic carbocycles. The van der Waals surface area contributed by atoms with Crippen molar-refractivity contribution in [3.63, 3.8) is 0 Å². The quantitative estimate of drug-likeness (QED) is 0.686. The molecule has 7 heteroatoms. The number of aromatic amines is 1. The zero-order valence-corrected chi connectivity index (χ0v) is 15.9. The number of amides is 1. The van der Waals surface area contributed by atoms with Crippen LogP contribution in [0.3, 0.4) is 0 Å². The van der Waals surface area contributed by atoms with Crippen molar-refractivity contribution in [3.05, 3.63) is 59.3 Å². The maximum Gasteiger partial charge on any atom is 0.270 e. The molecular formula is C21H21N3O4. The summed E-state index contributed by atoms with van der Waals surface area (Å²) in [7, 11) is 3.21. The van der Waals surface area contributed by atoms with Crippen LogP contribution in [-0.2, 0) is 0 Å². The standard InChI is InChI=1S/C21H21N3O4/c1-4-28-13-7-5-12(6-8-13)18-17-19(22-21(25)20(17)24-23-18)15-11-14(26-2)9-10-16(15)27-3/h5-11,19H,4H2,1-3H3,(H,22,25)(H,23,24)/t19-/m1/s1. The van der Waals surface area contributed by atoms with E-state index in [1.165, 1.54) is 0 Å². The van der Waals surface area contributed by atoms with Gasteiger partial charge in [0, 0.05) is 16.7 Å². The molecule has 1 aliphatic heterocycles. The third-order valence-corrected chi connectivity index (χ3v) is 4.78. The molecule has 2 N–H and O–H groups in total. The Balaban J connectivity index is 1.80. The Morgan fingerprint density at radius 2 is 1.79 bits per heavy atom. The number of methoxy groups -OCH3 is 2. The van der Waals surface area contributed by atoms with Gasteiger partial charge in [-0.15, -0.1) is 0 Å². The van der Waals surface area contributed by atoms with Gasteiger partial charge in [-0.05, 0) is 49.4 Å². The first-order chi connectivity index (χ1) is 13.7. The van der Waals surface area contributed by atoms with Crippen molar-refractivity contribution >= 4 is 5.91 Å². The third-order valence-electron chi connectivity index (χ3n) is 4.78. The molecular weight excluding hydrogens is 358 g/mol. The van der Waals surface area contributed by atoms with Crippen LogP contribution in [0.4, 0.5) is 0 Å². The lowest BCUT2D eigenvalue weighted by Gasteiger charge is -2.17. The van der Waals surface area contributed by atoms with Crippen LogP contribution in [0.1, 0.15) is 34.6 Å². The van der Waals surface area contributed by atoms with E-state index in [0.717, 1.165) is 22.4 Å². The zero-order valence-electron chi connectivity index (χ0n) is 15.9. The lowest BCUT2D eigenvalue weighted by atomic mass is 9.96. The first kappa shape index (κ1) is 17.9. The molecule has 3 aromatic rings. The molecule has 1 aromatic heterocycles. The number of carbonyl (C=O) groups is 1. The molecule has 1 aliphatic rings. The van der Waals surface area contributed by atoms with Gasteiger partial charge in [0.15, 0.2) is 0 Å². The highest BCUT2D eigenvalue weighted by molar-refractivity contribution is 6.00. The Hall–Kier alpha value is -3.48. The van der Waals surface area contributed by atoms with E-state index in [1.54, 1.807) is 14.2 Å². The summed E-state index contributed by atoms with van der Waals surface area (Å²) in [5.74, 6) is 1.94. The van der Waals surface area contributed by atoms with Gasteiger partial charge in [0.25, 0.3) is 5.91 Å². The van der Waals surface area contributed by atoms with E-state index >= 15 is 0 Å². The summed E-state index contributed by atoms with van der Waals surface area (Å²) in [6.45, 7) is 2.55. The van der Waals surface area contributed by atoms with Crippen molar-refractivity contribution < 1.29 is 19.0 Å². The van der Waals surface area contributed by atoms with Crippen LogP contribution in [0.2, 0.25) is 0 Å². The highest BCUT2D eigenvalue weighted by atomic mass is 16.5. The van der Waals surface area contributed by atoms with E-state index in [2.05, 4.69) is 15.5 Å². The van der Waals surface area contributed by atoms with Crippen molar-refractivity contribution in [2.45, 2.75) is 13.0 Å².